The van der Waals surface area contributed by atoms with E-state index in [-0.39, 0.29) is 0 Å². The van der Waals surface area contributed by atoms with Crippen LogP contribution in [-0.2, 0) is 0 Å². The molecular weight excluding hydrogens is 194 g/mol. The summed E-state index contributed by atoms with van der Waals surface area (Å²) < 4.78 is 0. The number of hydrogen-bond acceptors (Lipinski definition) is 3. The van der Waals surface area contributed by atoms with E-state index in [0.717, 1.165) is 24.5 Å². The van der Waals surface area contributed by atoms with Gasteiger partial charge in [-0.1, -0.05) is 12.2 Å². The van der Waals surface area contributed by atoms with Crippen molar-refractivity contribution >= 4 is 23.0 Å². The first-order valence-electron chi connectivity index (χ1n) is 4.69. The van der Waals surface area contributed by atoms with Crippen LogP contribution in [0.25, 0.3) is 0 Å². The molecule has 1 aromatic heterocycles. The number of nitrogens with two attached hydrogens (primary N) is 1. The number of anilines is 1. The number of hydrogen-bond donors (Lipinski definition) is 1. The highest BCUT2D eigenvalue weighted by Crippen LogP contribution is 2.10. The van der Waals surface area contributed by atoms with Crippen LogP contribution in [0, 0.1) is 0 Å². The first-order valence-corrected chi connectivity index (χ1v) is 5.10. The molecule has 0 radical (unpaired) electrons. The van der Waals surface area contributed by atoms with Gasteiger partial charge in [-0.3, -0.25) is 0 Å². The molecule has 0 spiro atoms. The van der Waals surface area contributed by atoms with Gasteiger partial charge >= 0.3 is 0 Å². The SMILES string of the molecule is CCN(CC)c1ccc(C(N)=S)cn1. The number of rotatable bonds is 4. The third kappa shape index (κ3) is 2.42. The Balaban J connectivity index is 2.87. The molecule has 0 aliphatic rings. The van der Waals surface area contributed by atoms with E-state index < -0.39 is 0 Å². The molecule has 0 saturated heterocycles. The van der Waals surface area contributed by atoms with E-state index in [2.05, 4.69) is 23.7 Å². The largest absolute Gasteiger partial charge is 0.389 e. The van der Waals surface area contributed by atoms with Crippen molar-refractivity contribution in [3.8, 4) is 0 Å². The van der Waals surface area contributed by atoms with E-state index in [4.69, 9.17) is 18.0 Å². The lowest BCUT2D eigenvalue weighted by Gasteiger charge is -2.19. The van der Waals surface area contributed by atoms with Crippen molar-refractivity contribution < 1.29 is 0 Å². The van der Waals surface area contributed by atoms with Gasteiger partial charge in [-0.2, -0.15) is 0 Å². The summed E-state index contributed by atoms with van der Waals surface area (Å²) in [6, 6.07) is 3.85. The van der Waals surface area contributed by atoms with Gasteiger partial charge in [0.05, 0.1) is 0 Å². The summed E-state index contributed by atoms with van der Waals surface area (Å²) >= 11 is 4.85. The van der Waals surface area contributed by atoms with Gasteiger partial charge in [0.15, 0.2) is 0 Å². The predicted octanol–water partition coefficient (Wildman–Crippen LogP) is 1.56. The zero-order valence-electron chi connectivity index (χ0n) is 8.53. The maximum atomic E-state index is 5.48. The van der Waals surface area contributed by atoms with E-state index in [1.165, 1.54) is 0 Å². The van der Waals surface area contributed by atoms with Gasteiger partial charge in [-0.15, -0.1) is 0 Å². The number of nitrogens with zero attached hydrogens (tertiary/aromatic N) is 2. The van der Waals surface area contributed by atoms with Crippen LogP contribution in [0.15, 0.2) is 18.3 Å². The van der Waals surface area contributed by atoms with Gasteiger partial charge < -0.3 is 10.6 Å². The van der Waals surface area contributed by atoms with E-state index in [9.17, 15) is 0 Å². The molecule has 3 nitrogen and oxygen atoms in total. The zero-order chi connectivity index (χ0) is 10.6. The quantitative estimate of drug-likeness (QED) is 0.764. The summed E-state index contributed by atoms with van der Waals surface area (Å²) in [7, 11) is 0. The third-order valence-corrected chi connectivity index (χ3v) is 2.36. The lowest BCUT2D eigenvalue weighted by Crippen LogP contribution is -2.23. The van der Waals surface area contributed by atoms with Crippen molar-refractivity contribution in [1.29, 1.82) is 0 Å². The van der Waals surface area contributed by atoms with Gasteiger partial charge in [-0.25, -0.2) is 4.98 Å². The van der Waals surface area contributed by atoms with Crippen molar-refractivity contribution in [1.82, 2.24) is 4.98 Å². The van der Waals surface area contributed by atoms with E-state index in [1.807, 2.05) is 12.1 Å². The van der Waals surface area contributed by atoms with E-state index >= 15 is 0 Å². The highest BCUT2D eigenvalue weighted by atomic mass is 32.1. The Morgan fingerprint density at radius 2 is 2.07 bits per heavy atom. The molecule has 0 bridgehead atoms. The van der Waals surface area contributed by atoms with Crippen LogP contribution in [0.3, 0.4) is 0 Å². The summed E-state index contributed by atoms with van der Waals surface area (Å²) in [5.74, 6) is 0.968. The molecule has 1 rings (SSSR count). The second kappa shape index (κ2) is 4.91. The van der Waals surface area contributed by atoms with Gasteiger partial charge in [-0.05, 0) is 26.0 Å². The van der Waals surface area contributed by atoms with Crippen LogP contribution >= 0.6 is 12.2 Å². The predicted molar refractivity (Wildman–Crippen MR) is 63.7 cm³/mol. The molecule has 0 saturated carbocycles. The Kier molecular flexibility index (Phi) is 3.83. The number of aromatic nitrogens is 1. The Hall–Kier alpha value is -1.16. The van der Waals surface area contributed by atoms with Crippen molar-refractivity contribution in [3.05, 3.63) is 23.9 Å². The zero-order valence-corrected chi connectivity index (χ0v) is 9.34. The summed E-state index contributed by atoms with van der Waals surface area (Å²) in [5, 5.41) is 0. The second-order valence-electron chi connectivity index (χ2n) is 2.94. The van der Waals surface area contributed by atoms with Crippen LogP contribution in [0.1, 0.15) is 19.4 Å². The highest BCUT2D eigenvalue weighted by molar-refractivity contribution is 7.80. The first kappa shape index (κ1) is 10.9. The smallest absolute Gasteiger partial charge is 0.128 e. The molecule has 1 heterocycles. The fraction of sp³-hybridized carbons (Fsp3) is 0.400. The standard InChI is InChI=1S/C10H15N3S/c1-3-13(4-2)9-6-5-8(7-12-9)10(11)14/h5-7H,3-4H2,1-2H3,(H2,11,14). The lowest BCUT2D eigenvalue weighted by molar-refractivity contribution is 0.846. The summed E-state index contributed by atoms with van der Waals surface area (Å²) in [6.45, 7) is 6.12. The van der Waals surface area contributed by atoms with Crippen molar-refractivity contribution in [2.24, 2.45) is 5.73 Å². The van der Waals surface area contributed by atoms with Gasteiger partial charge in [0.2, 0.25) is 0 Å². The van der Waals surface area contributed by atoms with Crippen molar-refractivity contribution in [2.75, 3.05) is 18.0 Å². The molecule has 14 heavy (non-hydrogen) atoms. The number of thiocarbonyl (C=S) groups is 1. The van der Waals surface area contributed by atoms with Crippen molar-refractivity contribution in [2.45, 2.75) is 13.8 Å². The molecule has 0 aromatic carbocycles. The minimum atomic E-state index is 0.392. The summed E-state index contributed by atoms with van der Waals surface area (Å²) in [5.41, 5.74) is 6.30. The second-order valence-corrected chi connectivity index (χ2v) is 3.38. The monoisotopic (exact) mass is 209 g/mol. The molecule has 0 unspecified atom stereocenters. The maximum Gasteiger partial charge on any atom is 0.128 e. The number of pyridine rings is 1. The fourth-order valence-electron chi connectivity index (χ4n) is 1.27. The van der Waals surface area contributed by atoms with Crippen molar-refractivity contribution in [3.63, 3.8) is 0 Å². The van der Waals surface area contributed by atoms with Gasteiger partial charge in [0.1, 0.15) is 10.8 Å². The molecule has 0 aliphatic carbocycles. The topological polar surface area (TPSA) is 42.1 Å². The molecule has 0 aliphatic heterocycles. The molecule has 4 heteroatoms. The Morgan fingerprint density at radius 1 is 1.43 bits per heavy atom. The highest BCUT2D eigenvalue weighted by Gasteiger charge is 2.03. The Bertz CT molecular complexity index is 304. The van der Waals surface area contributed by atoms with Crippen LogP contribution < -0.4 is 10.6 Å². The Morgan fingerprint density at radius 3 is 2.43 bits per heavy atom. The molecule has 2 N–H and O–H groups in total. The van der Waals surface area contributed by atoms with E-state index in [0.29, 0.717) is 4.99 Å². The van der Waals surface area contributed by atoms with Crippen LogP contribution in [0.2, 0.25) is 0 Å². The van der Waals surface area contributed by atoms with Gasteiger partial charge in [0, 0.05) is 24.8 Å². The third-order valence-electron chi connectivity index (χ3n) is 2.12. The van der Waals surface area contributed by atoms with Crippen LogP contribution in [-0.4, -0.2) is 23.1 Å². The molecule has 76 valence electrons. The van der Waals surface area contributed by atoms with Crippen LogP contribution in [0.4, 0.5) is 5.82 Å². The molecule has 0 fully saturated rings. The van der Waals surface area contributed by atoms with E-state index in [1.54, 1.807) is 6.20 Å². The average molecular weight is 209 g/mol. The summed E-state index contributed by atoms with van der Waals surface area (Å²) in [6.07, 6.45) is 1.72. The minimum absolute atomic E-state index is 0.392. The minimum Gasteiger partial charge on any atom is -0.389 e. The van der Waals surface area contributed by atoms with Crippen LogP contribution in [0.5, 0.6) is 0 Å². The molecule has 1 aromatic rings. The first-order chi connectivity index (χ1) is 6.69. The molecular formula is C10H15N3S. The van der Waals surface area contributed by atoms with Gasteiger partial charge in [0.25, 0.3) is 0 Å². The normalized spacial score (nSPS) is 9.86. The lowest BCUT2D eigenvalue weighted by atomic mass is 10.3. The summed E-state index contributed by atoms with van der Waals surface area (Å²) in [4.78, 5) is 6.86. The molecule has 0 amide bonds. The average Bonchev–Trinajstić information content (AvgIpc) is 2.20. The fourth-order valence-corrected chi connectivity index (χ4v) is 1.39. The molecule has 0 atom stereocenters. The Labute approximate surface area is 89.9 Å². The maximum absolute atomic E-state index is 5.48.